The van der Waals surface area contributed by atoms with Gasteiger partial charge in [0.1, 0.15) is 0 Å². The van der Waals surface area contributed by atoms with Crippen molar-refractivity contribution in [3.63, 3.8) is 0 Å². The molecule has 2 N–H and O–H groups in total. The molecule has 1 aromatic heterocycles. The van der Waals surface area contributed by atoms with Gasteiger partial charge in [0.25, 0.3) is 5.91 Å². The van der Waals surface area contributed by atoms with Crippen LogP contribution in [0.2, 0.25) is 0 Å². The second kappa shape index (κ2) is 11.7. The molecule has 0 bridgehead atoms. The molecule has 172 valence electrons. The van der Waals surface area contributed by atoms with Gasteiger partial charge < -0.3 is 24.9 Å². The van der Waals surface area contributed by atoms with Crippen LogP contribution in [-0.4, -0.2) is 98.4 Å². The SMILES string of the molecule is CN=C(NCCCNC(=O)c1occc1C)N1CCN(CC(=O)N2CCCCC2)CC1. The van der Waals surface area contributed by atoms with Gasteiger partial charge in [-0.3, -0.25) is 19.5 Å². The van der Waals surface area contributed by atoms with Crippen molar-refractivity contribution in [1.82, 2.24) is 25.3 Å². The number of furan rings is 1. The molecule has 0 unspecified atom stereocenters. The molecule has 0 saturated carbocycles. The van der Waals surface area contributed by atoms with E-state index in [-0.39, 0.29) is 11.8 Å². The van der Waals surface area contributed by atoms with Crippen molar-refractivity contribution in [2.24, 2.45) is 4.99 Å². The molecule has 0 atom stereocenters. The molecule has 3 rings (SSSR count). The zero-order valence-corrected chi connectivity index (χ0v) is 18.9. The minimum Gasteiger partial charge on any atom is -0.459 e. The van der Waals surface area contributed by atoms with E-state index in [4.69, 9.17) is 4.42 Å². The molecule has 9 nitrogen and oxygen atoms in total. The zero-order valence-electron chi connectivity index (χ0n) is 18.9. The van der Waals surface area contributed by atoms with Gasteiger partial charge >= 0.3 is 0 Å². The Morgan fingerprint density at radius 2 is 1.71 bits per heavy atom. The van der Waals surface area contributed by atoms with E-state index in [0.29, 0.717) is 18.8 Å². The van der Waals surface area contributed by atoms with Crippen LogP contribution in [0.25, 0.3) is 0 Å². The summed E-state index contributed by atoms with van der Waals surface area (Å²) in [6.45, 7) is 8.91. The fourth-order valence-corrected chi connectivity index (χ4v) is 4.06. The highest BCUT2D eigenvalue weighted by molar-refractivity contribution is 5.92. The molecule has 0 aliphatic carbocycles. The van der Waals surface area contributed by atoms with Crippen molar-refractivity contribution in [3.8, 4) is 0 Å². The third kappa shape index (κ3) is 6.72. The molecule has 2 amide bonds. The normalized spacial score (nSPS) is 18.2. The van der Waals surface area contributed by atoms with Crippen LogP contribution in [0.4, 0.5) is 0 Å². The van der Waals surface area contributed by atoms with Crippen LogP contribution in [-0.2, 0) is 4.79 Å². The summed E-state index contributed by atoms with van der Waals surface area (Å²) in [7, 11) is 1.79. The fraction of sp³-hybridized carbons (Fsp3) is 0.682. The van der Waals surface area contributed by atoms with E-state index in [9.17, 15) is 9.59 Å². The lowest BCUT2D eigenvalue weighted by Gasteiger charge is -2.37. The predicted octanol–water partition coefficient (Wildman–Crippen LogP) is 0.913. The van der Waals surface area contributed by atoms with Crippen molar-refractivity contribution in [2.75, 3.05) is 66.0 Å². The molecule has 31 heavy (non-hydrogen) atoms. The number of nitrogens with zero attached hydrogens (tertiary/aromatic N) is 4. The average Bonchev–Trinajstić information content (AvgIpc) is 3.23. The van der Waals surface area contributed by atoms with Crippen molar-refractivity contribution in [3.05, 3.63) is 23.7 Å². The van der Waals surface area contributed by atoms with E-state index in [1.165, 1.54) is 12.7 Å². The lowest BCUT2D eigenvalue weighted by molar-refractivity contribution is -0.133. The number of carbonyl (C=O) groups excluding carboxylic acids is 2. The molecule has 2 saturated heterocycles. The zero-order chi connectivity index (χ0) is 22.1. The van der Waals surface area contributed by atoms with Crippen molar-refractivity contribution in [1.29, 1.82) is 0 Å². The molecular formula is C22H36N6O3. The van der Waals surface area contributed by atoms with E-state index in [0.717, 1.165) is 76.6 Å². The molecule has 0 radical (unpaired) electrons. The highest BCUT2D eigenvalue weighted by Gasteiger charge is 2.24. The minimum absolute atomic E-state index is 0.179. The summed E-state index contributed by atoms with van der Waals surface area (Å²) in [4.78, 5) is 35.4. The largest absolute Gasteiger partial charge is 0.459 e. The Kier molecular flexibility index (Phi) is 8.75. The first-order valence-electron chi connectivity index (χ1n) is 11.4. The summed E-state index contributed by atoms with van der Waals surface area (Å²) in [6.07, 6.45) is 5.82. The number of carbonyl (C=O) groups is 2. The van der Waals surface area contributed by atoms with Crippen molar-refractivity contribution >= 4 is 17.8 Å². The summed E-state index contributed by atoms with van der Waals surface area (Å²) in [5, 5.41) is 6.25. The Hall–Kier alpha value is -2.55. The Morgan fingerprint density at radius 3 is 2.35 bits per heavy atom. The number of hydrogen-bond acceptors (Lipinski definition) is 5. The van der Waals surface area contributed by atoms with Crippen LogP contribution in [0.5, 0.6) is 0 Å². The molecule has 0 spiro atoms. The second-order valence-electron chi connectivity index (χ2n) is 8.22. The number of aliphatic imine (C=N–C) groups is 1. The fourth-order valence-electron chi connectivity index (χ4n) is 4.06. The molecule has 0 aromatic carbocycles. The predicted molar refractivity (Wildman–Crippen MR) is 120 cm³/mol. The number of aryl methyl sites for hydroxylation is 1. The van der Waals surface area contributed by atoms with Gasteiger partial charge in [-0.2, -0.15) is 0 Å². The van der Waals surface area contributed by atoms with Gasteiger partial charge in [-0.05, 0) is 38.7 Å². The van der Waals surface area contributed by atoms with Crippen LogP contribution >= 0.6 is 0 Å². The summed E-state index contributed by atoms with van der Waals surface area (Å²) in [5.41, 5.74) is 0.841. The smallest absolute Gasteiger partial charge is 0.287 e. The molecule has 3 heterocycles. The van der Waals surface area contributed by atoms with E-state index >= 15 is 0 Å². The lowest BCUT2D eigenvalue weighted by Crippen LogP contribution is -2.54. The number of nitrogens with one attached hydrogen (secondary N) is 2. The van der Waals surface area contributed by atoms with Gasteiger partial charge in [-0.1, -0.05) is 0 Å². The second-order valence-corrected chi connectivity index (χ2v) is 8.22. The maximum atomic E-state index is 12.5. The van der Waals surface area contributed by atoms with Gasteiger partial charge in [0.15, 0.2) is 11.7 Å². The average molecular weight is 433 g/mol. The molecule has 2 aliphatic heterocycles. The molecule has 1 aromatic rings. The number of piperazine rings is 1. The number of amides is 2. The standard InChI is InChI=1S/C22H36N6O3/c1-18-7-16-31-20(18)21(30)24-8-6-9-25-22(23-2)28-14-12-26(13-15-28)17-19(29)27-10-4-3-5-11-27/h7,16H,3-6,8-15,17H2,1-2H3,(H,23,25)(H,24,30). The first-order chi connectivity index (χ1) is 15.1. The lowest BCUT2D eigenvalue weighted by atomic mass is 10.1. The van der Waals surface area contributed by atoms with Gasteiger partial charge in [0.05, 0.1) is 12.8 Å². The number of piperidine rings is 1. The third-order valence-corrected chi connectivity index (χ3v) is 5.94. The number of hydrogen-bond donors (Lipinski definition) is 2. The van der Waals surface area contributed by atoms with E-state index in [1.807, 2.05) is 11.8 Å². The Morgan fingerprint density at radius 1 is 1.00 bits per heavy atom. The summed E-state index contributed by atoms with van der Waals surface area (Å²) in [6, 6.07) is 1.78. The van der Waals surface area contributed by atoms with Gasteiger partial charge in [0.2, 0.25) is 5.91 Å². The van der Waals surface area contributed by atoms with E-state index < -0.39 is 0 Å². The summed E-state index contributed by atoms with van der Waals surface area (Å²) < 4.78 is 5.20. The third-order valence-electron chi connectivity index (χ3n) is 5.94. The van der Waals surface area contributed by atoms with E-state index in [2.05, 4.69) is 25.4 Å². The van der Waals surface area contributed by atoms with Crippen LogP contribution in [0.1, 0.15) is 41.8 Å². The maximum absolute atomic E-state index is 12.5. The minimum atomic E-state index is -0.179. The first kappa shape index (κ1) is 23.1. The van der Waals surface area contributed by atoms with Gasteiger partial charge in [-0.15, -0.1) is 0 Å². The number of rotatable bonds is 7. The molecular weight excluding hydrogens is 396 g/mol. The topological polar surface area (TPSA) is 93.4 Å². The molecule has 2 fully saturated rings. The van der Waals surface area contributed by atoms with Crippen LogP contribution in [0, 0.1) is 6.92 Å². The van der Waals surface area contributed by atoms with Gasteiger partial charge in [0, 0.05) is 65.0 Å². The van der Waals surface area contributed by atoms with Crippen molar-refractivity contribution in [2.45, 2.75) is 32.6 Å². The maximum Gasteiger partial charge on any atom is 0.287 e. The number of likely N-dealkylation sites (tertiary alicyclic amines) is 1. The van der Waals surface area contributed by atoms with Crippen LogP contribution in [0.3, 0.4) is 0 Å². The Labute approximate surface area is 184 Å². The monoisotopic (exact) mass is 432 g/mol. The first-order valence-corrected chi connectivity index (χ1v) is 11.4. The van der Waals surface area contributed by atoms with Crippen molar-refractivity contribution < 1.29 is 14.0 Å². The quantitative estimate of drug-likeness (QED) is 0.378. The van der Waals surface area contributed by atoms with Crippen LogP contribution in [0.15, 0.2) is 21.7 Å². The Bertz CT molecular complexity index is 748. The molecule has 2 aliphatic rings. The Balaban J connectivity index is 1.31. The summed E-state index contributed by atoms with van der Waals surface area (Å²) >= 11 is 0. The molecule has 9 heteroatoms. The number of guanidine groups is 1. The van der Waals surface area contributed by atoms with E-state index in [1.54, 1.807) is 13.1 Å². The highest BCUT2D eigenvalue weighted by atomic mass is 16.3. The van der Waals surface area contributed by atoms with Crippen LogP contribution < -0.4 is 10.6 Å². The highest BCUT2D eigenvalue weighted by Crippen LogP contribution is 2.10. The van der Waals surface area contributed by atoms with Gasteiger partial charge in [-0.25, -0.2) is 0 Å². The summed E-state index contributed by atoms with van der Waals surface area (Å²) in [5.74, 6) is 1.33.